The van der Waals surface area contributed by atoms with E-state index >= 15 is 0 Å². The maximum absolute atomic E-state index is 12.0. The van der Waals surface area contributed by atoms with Crippen molar-refractivity contribution in [3.8, 4) is 0 Å². The third kappa shape index (κ3) is 4.47. The Morgan fingerprint density at radius 2 is 2.20 bits per heavy atom. The smallest absolute Gasteiger partial charge is 0.328 e. The number of carbonyl (C=O) groups is 2. The van der Waals surface area contributed by atoms with Gasteiger partial charge >= 0.3 is 5.97 Å². The van der Waals surface area contributed by atoms with Gasteiger partial charge in [-0.1, -0.05) is 0 Å². The van der Waals surface area contributed by atoms with Crippen LogP contribution in [-0.4, -0.2) is 36.7 Å². The van der Waals surface area contributed by atoms with E-state index in [2.05, 4.69) is 5.32 Å². The number of rotatable bonds is 5. The summed E-state index contributed by atoms with van der Waals surface area (Å²) in [6.45, 7) is 2.20. The molecule has 0 atom stereocenters. The van der Waals surface area contributed by atoms with E-state index < -0.39 is 5.97 Å². The van der Waals surface area contributed by atoms with Gasteiger partial charge in [-0.3, -0.25) is 4.79 Å². The van der Waals surface area contributed by atoms with Crippen molar-refractivity contribution in [1.29, 1.82) is 0 Å². The lowest BCUT2D eigenvalue weighted by molar-refractivity contribution is -0.131. The normalized spacial score (nSPS) is 16.4. The van der Waals surface area contributed by atoms with Crippen molar-refractivity contribution in [1.82, 2.24) is 5.32 Å². The van der Waals surface area contributed by atoms with Gasteiger partial charge in [0.15, 0.2) is 0 Å². The van der Waals surface area contributed by atoms with Gasteiger partial charge in [-0.05, 0) is 30.9 Å². The summed E-state index contributed by atoms with van der Waals surface area (Å²) >= 11 is 1.35. The summed E-state index contributed by atoms with van der Waals surface area (Å²) in [5.74, 6) is -0.621. The molecule has 0 aromatic carbocycles. The molecule has 1 amide bonds. The summed E-state index contributed by atoms with van der Waals surface area (Å²) in [4.78, 5) is 23.1. The second-order valence-electron chi connectivity index (χ2n) is 4.68. The molecule has 0 unspecified atom stereocenters. The molecule has 1 fully saturated rings. The van der Waals surface area contributed by atoms with Crippen LogP contribution in [0.1, 0.15) is 28.1 Å². The van der Waals surface area contributed by atoms with E-state index in [1.54, 1.807) is 11.4 Å². The number of hydrogen-bond donors (Lipinski definition) is 2. The third-order valence-corrected chi connectivity index (χ3v) is 4.06. The number of thiophene rings is 1. The van der Waals surface area contributed by atoms with Gasteiger partial charge in [-0.25, -0.2) is 4.79 Å². The van der Waals surface area contributed by atoms with Gasteiger partial charge in [0.05, 0.1) is 5.56 Å². The maximum atomic E-state index is 12.0. The maximum Gasteiger partial charge on any atom is 0.328 e. The highest BCUT2D eigenvalue weighted by Gasteiger charge is 2.15. The molecule has 0 saturated carbocycles. The zero-order valence-electron chi connectivity index (χ0n) is 11.0. The van der Waals surface area contributed by atoms with E-state index in [1.165, 1.54) is 17.4 Å². The van der Waals surface area contributed by atoms with E-state index in [9.17, 15) is 9.59 Å². The van der Waals surface area contributed by atoms with Gasteiger partial charge in [0.25, 0.3) is 5.91 Å². The Kier molecular flexibility index (Phi) is 5.31. The summed E-state index contributed by atoms with van der Waals surface area (Å²) in [5, 5.41) is 13.2. The van der Waals surface area contributed by atoms with Crippen LogP contribution < -0.4 is 5.32 Å². The molecule has 2 rings (SSSR count). The molecule has 108 valence electrons. The molecule has 1 aromatic rings. The van der Waals surface area contributed by atoms with Crippen molar-refractivity contribution in [3.63, 3.8) is 0 Å². The minimum absolute atomic E-state index is 0.109. The first-order chi connectivity index (χ1) is 9.65. The first-order valence-electron chi connectivity index (χ1n) is 6.50. The molecule has 1 aliphatic rings. The number of amides is 1. The predicted molar refractivity (Wildman–Crippen MR) is 76.9 cm³/mol. The third-order valence-electron chi connectivity index (χ3n) is 3.16. The monoisotopic (exact) mass is 295 g/mol. The average Bonchev–Trinajstić information content (AvgIpc) is 2.92. The number of nitrogens with one attached hydrogen (secondary N) is 1. The minimum Gasteiger partial charge on any atom is -0.478 e. The molecule has 5 nitrogen and oxygen atoms in total. The SMILES string of the molecule is O=C(O)C=Cc1cc(C(=O)NCC2CCOCC2)cs1. The van der Waals surface area contributed by atoms with Crippen LogP contribution in [0.3, 0.4) is 0 Å². The molecule has 1 aromatic heterocycles. The van der Waals surface area contributed by atoms with Crippen LogP contribution in [0.2, 0.25) is 0 Å². The van der Waals surface area contributed by atoms with Crippen molar-refractivity contribution < 1.29 is 19.4 Å². The highest BCUT2D eigenvalue weighted by atomic mass is 32.1. The Morgan fingerprint density at radius 1 is 1.45 bits per heavy atom. The Balaban J connectivity index is 1.84. The molecule has 20 heavy (non-hydrogen) atoms. The van der Waals surface area contributed by atoms with Crippen LogP contribution in [0.5, 0.6) is 0 Å². The van der Waals surface area contributed by atoms with Gasteiger partial charge in [0.1, 0.15) is 0 Å². The molecular formula is C14H17NO4S. The summed E-state index contributed by atoms with van der Waals surface area (Å²) in [5.41, 5.74) is 0.576. The number of carbonyl (C=O) groups excluding carboxylic acids is 1. The van der Waals surface area contributed by atoms with E-state index in [-0.39, 0.29) is 5.91 Å². The standard InChI is InChI=1S/C14H17NO4S/c16-13(17)2-1-12-7-11(9-20-12)14(18)15-8-10-3-5-19-6-4-10/h1-2,7,9-10H,3-6,8H2,(H,15,18)(H,16,17). The van der Waals surface area contributed by atoms with Gasteiger partial charge in [-0.15, -0.1) is 11.3 Å². The van der Waals surface area contributed by atoms with Gasteiger partial charge < -0.3 is 15.2 Å². The van der Waals surface area contributed by atoms with Crippen LogP contribution >= 0.6 is 11.3 Å². The number of aliphatic carboxylic acids is 1. The van der Waals surface area contributed by atoms with Gasteiger partial charge in [0, 0.05) is 36.1 Å². The van der Waals surface area contributed by atoms with Crippen LogP contribution in [0.15, 0.2) is 17.5 Å². The quantitative estimate of drug-likeness (QED) is 0.815. The molecule has 0 aliphatic carbocycles. The number of hydrogen-bond acceptors (Lipinski definition) is 4. The average molecular weight is 295 g/mol. The molecular weight excluding hydrogens is 278 g/mol. The highest BCUT2D eigenvalue weighted by molar-refractivity contribution is 7.11. The Hall–Kier alpha value is -1.66. The lowest BCUT2D eigenvalue weighted by Gasteiger charge is -2.21. The van der Waals surface area contributed by atoms with Crippen molar-refractivity contribution in [2.75, 3.05) is 19.8 Å². The summed E-state index contributed by atoms with van der Waals surface area (Å²) < 4.78 is 5.27. The van der Waals surface area contributed by atoms with Crippen LogP contribution in [-0.2, 0) is 9.53 Å². The highest BCUT2D eigenvalue weighted by Crippen LogP contribution is 2.17. The second kappa shape index (κ2) is 7.21. The zero-order chi connectivity index (χ0) is 14.4. The summed E-state index contributed by atoms with van der Waals surface area (Å²) in [6, 6.07) is 1.70. The molecule has 2 heterocycles. The Labute approximate surface area is 121 Å². The van der Waals surface area contributed by atoms with E-state index in [4.69, 9.17) is 9.84 Å². The minimum atomic E-state index is -0.996. The second-order valence-corrected chi connectivity index (χ2v) is 5.62. The van der Waals surface area contributed by atoms with E-state index in [1.807, 2.05) is 0 Å². The zero-order valence-corrected chi connectivity index (χ0v) is 11.8. The Bertz CT molecular complexity index is 503. The van der Waals surface area contributed by atoms with Crippen molar-refractivity contribution in [3.05, 3.63) is 28.0 Å². The van der Waals surface area contributed by atoms with E-state index in [0.29, 0.717) is 18.0 Å². The molecule has 0 spiro atoms. The van der Waals surface area contributed by atoms with E-state index in [0.717, 1.165) is 37.0 Å². The fraction of sp³-hybridized carbons (Fsp3) is 0.429. The van der Waals surface area contributed by atoms with Crippen LogP contribution in [0, 0.1) is 5.92 Å². The summed E-state index contributed by atoms with van der Waals surface area (Å²) in [6.07, 6.45) is 4.52. The first kappa shape index (κ1) is 14.7. The lowest BCUT2D eigenvalue weighted by Crippen LogP contribution is -2.31. The first-order valence-corrected chi connectivity index (χ1v) is 7.38. The topological polar surface area (TPSA) is 75.6 Å². The predicted octanol–water partition coefficient (Wildman–Crippen LogP) is 2.00. The molecule has 1 saturated heterocycles. The van der Waals surface area contributed by atoms with Gasteiger partial charge in [0.2, 0.25) is 0 Å². The molecule has 0 radical (unpaired) electrons. The number of carboxylic acids is 1. The van der Waals surface area contributed by atoms with Crippen LogP contribution in [0.25, 0.3) is 6.08 Å². The summed E-state index contributed by atoms with van der Waals surface area (Å²) in [7, 11) is 0. The fourth-order valence-corrected chi connectivity index (χ4v) is 2.78. The van der Waals surface area contributed by atoms with Crippen molar-refractivity contribution >= 4 is 29.3 Å². The molecule has 6 heteroatoms. The van der Waals surface area contributed by atoms with Crippen molar-refractivity contribution in [2.24, 2.45) is 5.92 Å². The van der Waals surface area contributed by atoms with Crippen molar-refractivity contribution in [2.45, 2.75) is 12.8 Å². The molecule has 2 N–H and O–H groups in total. The van der Waals surface area contributed by atoms with Crippen LogP contribution in [0.4, 0.5) is 0 Å². The fourth-order valence-electron chi connectivity index (χ4n) is 2.00. The number of carboxylic acid groups (broad SMARTS) is 1. The van der Waals surface area contributed by atoms with Gasteiger partial charge in [-0.2, -0.15) is 0 Å². The molecule has 0 bridgehead atoms. The lowest BCUT2D eigenvalue weighted by atomic mass is 10.0. The largest absolute Gasteiger partial charge is 0.478 e. The molecule has 1 aliphatic heterocycles. The number of ether oxygens (including phenoxy) is 1. The Morgan fingerprint density at radius 3 is 2.90 bits per heavy atom.